The molecule has 1 saturated heterocycles. The molecule has 1 fully saturated rings. The number of hydrogen-bond acceptors (Lipinski definition) is 3. The van der Waals surface area contributed by atoms with Gasteiger partial charge in [-0.05, 0) is 42.0 Å². The molecule has 1 aromatic rings. The normalized spacial score (nSPS) is 17.4. The Kier molecular flexibility index (Phi) is 4.38. The number of hydrogen-bond donors (Lipinski definition) is 1. The van der Waals surface area contributed by atoms with Crippen LogP contribution in [-0.2, 0) is 6.54 Å². The molecule has 0 radical (unpaired) electrons. The molecule has 0 amide bonds. The number of benzene rings is 1. The number of nitrogens with two attached hydrogens (primary N) is 1. The Hall–Kier alpha value is -0.380. The van der Waals surface area contributed by atoms with E-state index in [-0.39, 0.29) is 0 Å². The van der Waals surface area contributed by atoms with Crippen LogP contribution in [0.4, 0.5) is 0 Å². The average molecular weight is 258 g/mol. The van der Waals surface area contributed by atoms with Crippen molar-refractivity contribution < 1.29 is 4.74 Å². The molecule has 2 nitrogen and oxygen atoms in total. The Morgan fingerprint density at radius 1 is 1.38 bits per heavy atom. The van der Waals surface area contributed by atoms with Crippen LogP contribution in [0, 0.1) is 0 Å². The van der Waals surface area contributed by atoms with Crippen LogP contribution in [0.5, 0.6) is 5.75 Å². The minimum Gasteiger partial charge on any atom is -0.489 e. The van der Waals surface area contributed by atoms with Gasteiger partial charge in [0.2, 0.25) is 0 Å². The Balaban J connectivity index is 2.03. The average Bonchev–Trinajstić information content (AvgIpc) is 2.33. The molecule has 0 bridgehead atoms. The molecule has 1 heterocycles. The molecule has 0 saturated carbocycles. The zero-order chi connectivity index (χ0) is 11.4. The molecule has 2 rings (SSSR count). The lowest BCUT2D eigenvalue weighted by atomic mass is 10.2. The molecule has 0 aromatic heterocycles. The number of rotatable bonds is 3. The highest BCUT2D eigenvalue weighted by molar-refractivity contribution is 7.99. The van der Waals surface area contributed by atoms with E-state index >= 15 is 0 Å². The van der Waals surface area contributed by atoms with Gasteiger partial charge >= 0.3 is 0 Å². The van der Waals surface area contributed by atoms with Gasteiger partial charge in [-0.25, -0.2) is 0 Å². The van der Waals surface area contributed by atoms with E-state index in [0.29, 0.717) is 17.7 Å². The van der Waals surface area contributed by atoms with Gasteiger partial charge in [0.15, 0.2) is 0 Å². The summed E-state index contributed by atoms with van der Waals surface area (Å²) in [6.45, 7) is 0.514. The number of halogens is 1. The lowest BCUT2D eigenvalue weighted by molar-refractivity contribution is 0.192. The fourth-order valence-corrected chi connectivity index (χ4v) is 3.05. The van der Waals surface area contributed by atoms with Gasteiger partial charge in [0.25, 0.3) is 0 Å². The van der Waals surface area contributed by atoms with Crippen molar-refractivity contribution in [2.24, 2.45) is 5.73 Å². The van der Waals surface area contributed by atoms with Crippen molar-refractivity contribution in [1.82, 2.24) is 0 Å². The molecule has 16 heavy (non-hydrogen) atoms. The number of ether oxygens (including phenoxy) is 1. The Morgan fingerprint density at radius 2 is 2.12 bits per heavy atom. The largest absolute Gasteiger partial charge is 0.489 e. The van der Waals surface area contributed by atoms with Crippen molar-refractivity contribution in [2.45, 2.75) is 25.5 Å². The maximum absolute atomic E-state index is 6.14. The maximum Gasteiger partial charge on any atom is 0.138 e. The van der Waals surface area contributed by atoms with E-state index in [0.717, 1.165) is 24.2 Å². The lowest BCUT2D eigenvalue weighted by Crippen LogP contribution is -2.22. The Labute approximate surface area is 105 Å². The Morgan fingerprint density at radius 3 is 2.75 bits per heavy atom. The second-order valence-electron chi connectivity index (χ2n) is 3.90. The van der Waals surface area contributed by atoms with Crippen LogP contribution in [0.15, 0.2) is 18.2 Å². The summed E-state index contributed by atoms with van der Waals surface area (Å²) in [6, 6.07) is 5.78. The minimum atomic E-state index is 0.322. The van der Waals surface area contributed by atoms with E-state index in [1.807, 2.05) is 30.0 Å². The first-order chi connectivity index (χ1) is 7.79. The molecular weight excluding hydrogens is 242 g/mol. The van der Waals surface area contributed by atoms with Crippen LogP contribution in [-0.4, -0.2) is 17.6 Å². The third-order valence-electron chi connectivity index (χ3n) is 2.69. The quantitative estimate of drug-likeness (QED) is 0.904. The van der Waals surface area contributed by atoms with Crippen molar-refractivity contribution in [3.05, 3.63) is 28.8 Å². The van der Waals surface area contributed by atoms with Gasteiger partial charge in [-0.1, -0.05) is 17.7 Å². The zero-order valence-corrected chi connectivity index (χ0v) is 10.7. The Bertz CT molecular complexity index is 353. The van der Waals surface area contributed by atoms with Gasteiger partial charge in [-0.15, -0.1) is 0 Å². The summed E-state index contributed by atoms with van der Waals surface area (Å²) in [6.07, 6.45) is 2.54. The topological polar surface area (TPSA) is 35.2 Å². The first kappa shape index (κ1) is 12.1. The van der Waals surface area contributed by atoms with Gasteiger partial charge in [0.1, 0.15) is 11.9 Å². The molecule has 0 aliphatic carbocycles. The molecule has 4 heteroatoms. The van der Waals surface area contributed by atoms with Gasteiger partial charge < -0.3 is 10.5 Å². The van der Waals surface area contributed by atoms with Crippen molar-refractivity contribution in [3.8, 4) is 5.75 Å². The monoisotopic (exact) mass is 257 g/mol. The van der Waals surface area contributed by atoms with E-state index in [1.54, 1.807) is 0 Å². The smallest absolute Gasteiger partial charge is 0.138 e. The third-order valence-corrected chi connectivity index (χ3v) is 4.04. The van der Waals surface area contributed by atoms with Crippen molar-refractivity contribution >= 4 is 23.4 Å². The van der Waals surface area contributed by atoms with Crippen LogP contribution in [0.1, 0.15) is 18.4 Å². The lowest BCUT2D eigenvalue weighted by Gasteiger charge is -2.23. The van der Waals surface area contributed by atoms with E-state index < -0.39 is 0 Å². The summed E-state index contributed by atoms with van der Waals surface area (Å²) in [4.78, 5) is 0. The van der Waals surface area contributed by atoms with Gasteiger partial charge in [0.05, 0.1) is 5.02 Å². The summed E-state index contributed by atoms with van der Waals surface area (Å²) in [7, 11) is 0. The van der Waals surface area contributed by atoms with Crippen LogP contribution in [0.2, 0.25) is 5.02 Å². The molecule has 88 valence electrons. The molecule has 0 atom stereocenters. The van der Waals surface area contributed by atoms with E-state index in [4.69, 9.17) is 22.1 Å². The standard InChI is InChI=1S/C12H16ClNOS/c13-11-7-9(8-14)1-2-12(11)15-10-3-5-16-6-4-10/h1-2,7,10H,3-6,8,14H2. The van der Waals surface area contributed by atoms with Crippen LogP contribution in [0.3, 0.4) is 0 Å². The molecule has 1 aliphatic heterocycles. The molecular formula is C12H16ClNOS. The highest BCUT2D eigenvalue weighted by Crippen LogP contribution is 2.29. The summed E-state index contributed by atoms with van der Waals surface area (Å²) in [5.74, 6) is 3.16. The summed E-state index contributed by atoms with van der Waals surface area (Å²) in [5.41, 5.74) is 6.59. The van der Waals surface area contributed by atoms with E-state index in [9.17, 15) is 0 Å². The highest BCUT2D eigenvalue weighted by Gasteiger charge is 2.16. The predicted octanol–water partition coefficient (Wildman–Crippen LogP) is 3.07. The fourth-order valence-electron chi connectivity index (χ4n) is 1.74. The van der Waals surface area contributed by atoms with Crippen molar-refractivity contribution in [1.29, 1.82) is 0 Å². The molecule has 1 aliphatic rings. The summed E-state index contributed by atoms with van der Waals surface area (Å²) in [5, 5.41) is 0.668. The molecule has 2 N–H and O–H groups in total. The second-order valence-corrected chi connectivity index (χ2v) is 5.53. The van der Waals surface area contributed by atoms with Crippen LogP contribution in [0.25, 0.3) is 0 Å². The summed E-state index contributed by atoms with van der Waals surface area (Å²) >= 11 is 8.13. The van der Waals surface area contributed by atoms with E-state index in [2.05, 4.69) is 0 Å². The van der Waals surface area contributed by atoms with Gasteiger partial charge in [-0.2, -0.15) is 11.8 Å². The first-order valence-corrected chi connectivity index (χ1v) is 7.06. The third kappa shape index (κ3) is 3.06. The van der Waals surface area contributed by atoms with Crippen molar-refractivity contribution in [2.75, 3.05) is 11.5 Å². The van der Waals surface area contributed by atoms with Gasteiger partial charge in [0, 0.05) is 6.54 Å². The summed E-state index contributed by atoms with van der Waals surface area (Å²) < 4.78 is 5.90. The number of thioether (sulfide) groups is 1. The maximum atomic E-state index is 6.14. The van der Waals surface area contributed by atoms with Gasteiger partial charge in [-0.3, -0.25) is 0 Å². The molecule has 0 spiro atoms. The zero-order valence-electron chi connectivity index (χ0n) is 9.12. The minimum absolute atomic E-state index is 0.322. The van der Waals surface area contributed by atoms with Crippen LogP contribution < -0.4 is 10.5 Å². The molecule has 1 aromatic carbocycles. The van der Waals surface area contributed by atoms with Crippen molar-refractivity contribution in [3.63, 3.8) is 0 Å². The highest BCUT2D eigenvalue weighted by atomic mass is 35.5. The first-order valence-electron chi connectivity index (χ1n) is 5.52. The molecule has 0 unspecified atom stereocenters. The van der Waals surface area contributed by atoms with E-state index in [1.165, 1.54) is 11.5 Å². The fraction of sp³-hybridized carbons (Fsp3) is 0.500. The second kappa shape index (κ2) is 5.80. The van der Waals surface area contributed by atoms with Crippen LogP contribution >= 0.6 is 23.4 Å². The SMILES string of the molecule is NCc1ccc(OC2CCSCC2)c(Cl)c1. The predicted molar refractivity (Wildman–Crippen MR) is 70.3 cm³/mol.